The summed E-state index contributed by atoms with van der Waals surface area (Å²) in [6.45, 7) is 0.115. The number of ketones is 1. The number of aliphatic carboxylic acids is 2. The summed E-state index contributed by atoms with van der Waals surface area (Å²) in [6, 6.07) is 0. The molecule has 0 heterocycles. The summed E-state index contributed by atoms with van der Waals surface area (Å²) in [5.74, 6) is -4.89. The first-order valence-corrected chi connectivity index (χ1v) is 3.68. The van der Waals surface area contributed by atoms with E-state index in [0.717, 1.165) is 0 Å². The summed E-state index contributed by atoms with van der Waals surface area (Å²) >= 11 is 0. The fraction of sp³-hybridized carbons (Fsp3) is 0.571. The molecular formula is C7H11NO5. The second-order valence-corrected chi connectivity index (χ2v) is 2.54. The van der Waals surface area contributed by atoms with Gasteiger partial charge in [0.2, 0.25) is 5.78 Å². The van der Waals surface area contributed by atoms with E-state index in [2.05, 4.69) is 0 Å². The molecule has 0 spiro atoms. The van der Waals surface area contributed by atoms with Crippen molar-refractivity contribution in [2.24, 2.45) is 11.7 Å². The Morgan fingerprint density at radius 2 is 1.77 bits per heavy atom. The van der Waals surface area contributed by atoms with Crippen LogP contribution in [0.25, 0.3) is 0 Å². The van der Waals surface area contributed by atoms with Crippen molar-refractivity contribution in [1.82, 2.24) is 0 Å². The van der Waals surface area contributed by atoms with Crippen LogP contribution >= 0.6 is 0 Å². The van der Waals surface area contributed by atoms with Crippen LogP contribution in [0.5, 0.6) is 0 Å². The average Bonchev–Trinajstić information content (AvgIpc) is 2.03. The van der Waals surface area contributed by atoms with Gasteiger partial charge in [-0.25, -0.2) is 4.79 Å². The highest BCUT2D eigenvalue weighted by Crippen LogP contribution is 2.08. The second-order valence-electron chi connectivity index (χ2n) is 2.54. The normalized spacial score (nSPS) is 12.1. The Morgan fingerprint density at radius 1 is 1.23 bits per heavy atom. The quantitative estimate of drug-likeness (QED) is 0.465. The molecule has 0 rings (SSSR count). The summed E-state index contributed by atoms with van der Waals surface area (Å²) in [5, 5.41) is 16.7. The monoisotopic (exact) mass is 189 g/mol. The Morgan fingerprint density at radius 3 is 2.08 bits per heavy atom. The average molecular weight is 189 g/mol. The SMILES string of the molecule is NCCC(CC(=O)C(=O)O)C(=O)O. The van der Waals surface area contributed by atoms with Gasteiger partial charge in [-0.1, -0.05) is 0 Å². The molecule has 0 aliphatic carbocycles. The van der Waals surface area contributed by atoms with Crippen LogP contribution in [0.2, 0.25) is 0 Å². The van der Waals surface area contributed by atoms with Gasteiger partial charge in [-0.3, -0.25) is 9.59 Å². The lowest BCUT2D eigenvalue weighted by molar-refractivity contribution is -0.151. The molecule has 0 aliphatic rings. The number of hydrogen-bond acceptors (Lipinski definition) is 4. The smallest absolute Gasteiger partial charge is 0.372 e. The lowest BCUT2D eigenvalue weighted by atomic mass is 9.99. The Labute approximate surface area is 74.3 Å². The molecule has 74 valence electrons. The molecular weight excluding hydrogens is 178 g/mol. The van der Waals surface area contributed by atoms with Gasteiger partial charge in [-0.2, -0.15) is 0 Å². The third kappa shape index (κ3) is 4.22. The highest BCUT2D eigenvalue weighted by molar-refractivity contribution is 6.33. The molecule has 6 heteroatoms. The fourth-order valence-electron chi connectivity index (χ4n) is 0.825. The zero-order valence-electron chi connectivity index (χ0n) is 6.90. The maximum Gasteiger partial charge on any atom is 0.372 e. The Bertz CT molecular complexity index is 225. The molecule has 0 saturated carbocycles. The van der Waals surface area contributed by atoms with Crippen LogP contribution in [0.1, 0.15) is 12.8 Å². The van der Waals surface area contributed by atoms with Crippen molar-refractivity contribution in [2.45, 2.75) is 12.8 Å². The van der Waals surface area contributed by atoms with E-state index in [4.69, 9.17) is 15.9 Å². The van der Waals surface area contributed by atoms with Crippen molar-refractivity contribution in [1.29, 1.82) is 0 Å². The lowest BCUT2D eigenvalue weighted by Crippen LogP contribution is -2.24. The molecule has 0 fully saturated rings. The first-order valence-electron chi connectivity index (χ1n) is 3.68. The first kappa shape index (κ1) is 11.6. The number of rotatable bonds is 6. The zero-order chi connectivity index (χ0) is 10.4. The van der Waals surface area contributed by atoms with E-state index in [9.17, 15) is 14.4 Å². The second kappa shape index (κ2) is 5.26. The maximum atomic E-state index is 10.6. The Hall–Kier alpha value is -1.43. The van der Waals surface area contributed by atoms with E-state index < -0.39 is 30.1 Å². The molecule has 1 unspecified atom stereocenters. The number of carboxylic acid groups (broad SMARTS) is 2. The third-order valence-corrected chi connectivity index (χ3v) is 1.53. The van der Waals surface area contributed by atoms with Gasteiger partial charge in [0, 0.05) is 6.42 Å². The predicted molar refractivity (Wildman–Crippen MR) is 42.1 cm³/mol. The summed E-state index contributed by atoms with van der Waals surface area (Å²) in [6.07, 6.45) is -0.393. The van der Waals surface area contributed by atoms with E-state index in [-0.39, 0.29) is 13.0 Å². The van der Waals surface area contributed by atoms with Gasteiger partial charge < -0.3 is 15.9 Å². The predicted octanol–water partition coefficient (Wildman–Crippen LogP) is -0.920. The van der Waals surface area contributed by atoms with Crippen LogP contribution in [0, 0.1) is 5.92 Å². The zero-order valence-corrected chi connectivity index (χ0v) is 6.90. The Balaban J connectivity index is 4.17. The van der Waals surface area contributed by atoms with E-state index in [1.54, 1.807) is 0 Å². The standard InChI is InChI=1S/C7H11NO5/c8-2-1-4(6(10)11)3-5(9)7(12)13/h4H,1-3,8H2,(H,10,11)(H,12,13). The van der Waals surface area contributed by atoms with Crippen molar-refractivity contribution in [3.05, 3.63) is 0 Å². The van der Waals surface area contributed by atoms with Crippen LogP contribution in [0.3, 0.4) is 0 Å². The van der Waals surface area contributed by atoms with Crippen LogP contribution in [0.4, 0.5) is 0 Å². The molecule has 0 amide bonds. The fourth-order valence-corrected chi connectivity index (χ4v) is 0.825. The summed E-state index contributed by atoms with van der Waals surface area (Å²) in [7, 11) is 0. The number of nitrogens with two attached hydrogens (primary N) is 1. The summed E-state index contributed by atoms with van der Waals surface area (Å²) < 4.78 is 0. The van der Waals surface area contributed by atoms with E-state index in [1.165, 1.54) is 0 Å². The molecule has 1 atom stereocenters. The number of carbonyl (C=O) groups is 3. The van der Waals surface area contributed by atoms with Crippen molar-refractivity contribution in [3.63, 3.8) is 0 Å². The van der Waals surface area contributed by atoms with E-state index in [1.807, 2.05) is 0 Å². The molecule has 0 radical (unpaired) electrons. The topological polar surface area (TPSA) is 118 Å². The van der Waals surface area contributed by atoms with Gasteiger partial charge in [-0.15, -0.1) is 0 Å². The highest BCUT2D eigenvalue weighted by Gasteiger charge is 2.23. The minimum absolute atomic E-state index is 0.106. The number of carbonyl (C=O) groups excluding carboxylic acids is 1. The number of carboxylic acids is 2. The van der Waals surface area contributed by atoms with Gasteiger partial charge in [0.15, 0.2) is 0 Å². The molecule has 0 bridgehead atoms. The minimum Gasteiger partial charge on any atom is -0.481 e. The van der Waals surface area contributed by atoms with E-state index >= 15 is 0 Å². The minimum atomic E-state index is -1.61. The molecule has 0 aromatic heterocycles. The van der Waals surface area contributed by atoms with Crippen LogP contribution in [-0.4, -0.2) is 34.5 Å². The van der Waals surface area contributed by atoms with Crippen molar-refractivity contribution in [2.75, 3.05) is 6.54 Å². The number of Topliss-reactive ketones (excluding diaryl/α,β-unsaturated/α-hetero) is 1. The van der Waals surface area contributed by atoms with Gasteiger partial charge in [0.05, 0.1) is 5.92 Å². The third-order valence-electron chi connectivity index (χ3n) is 1.53. The lowest BCUT2D eigenvalue weighted by Gasteiger charge is -2.07. The maximum absolute atomic E-state index is 10.6. The van der Waals surface area contributed by atoms with Crippen molar-refractivity contribution >= 4 is 17.7 Å². The van der Waals surface area contributed by atoms with Crippen LogP contribution in [-0.2, 0) is 14.4 Å². The number of hydrogen-bond donors (Lipinski definition) is 3. The molecule has 6 nitrogen and oxygen atoms in total. The largest absolute Gasteiger partial charge is 0.481 e. The van der Waals surface area contributed by atoms with E-state index in [0.29, 0.717) is 0 Å². The van der Waals surface area contributed by atoms with Crippen LogP contribution < -0.4 is 5.73 Å². The van der Waals surface area contributed by atoms with Crippen molar-refractivity contribution < 1.29 is 24.6 Å². The molecule has 0 aromatic carbocycles. The van der Waals surface area contributed by atoms with Gasteiger partial charge in [0.25, 0.3) is 0 Å². The van der Waals surface area contributed by atoms with Gasteiger partial charge in [0.1, 0.15) is 0 Å². The van der Waals surface area contributed by atoms with Gasteiger partial charge in [-0.05, 0) is 13.0 Å². The molecule has 4 N–H and O–H groups in total. The molecule has 0 saturated heterocycles. The molecule has 13 heavy (non-hydrogen) atoms. The molecule has 0 aromatic rings. The molecule has 0 aliphatic heterocycles. The summed E-state index contributed by atoms with van der Waals surface area (Å²) in [5.41, 5.74) is 5.10. The van der Waals surface area contributed by atoms with Crippen LogP contribution in [0.15, 0.2) is 0 Å². The summed E-state index contributed by atoms with van der Waals surface area (Å²) in [4.78, 5) is 31.2. The highest BCUT2D eigenvalue weighted by atomic mass is 16.4. The van der Waals surface area contributed by atoms with Gasteiger partial charge >= 0.3 is 11.9 Å². The first-order chi connectivity index (χ1) is 5.99. The Kier molecular flexibility index (Phi) is 4.68. The van der Waals surface area contributed by atoms with Crippen molar-refractivity contribution in [3.8, 4) is 0 Å².